The van der Waals surface area contributed by atoms with Gasteiger partial charge < -0.3 is 9.84 Å². The number of carboxylic acids is 1. The van der Waals surface area contributed by atoms with Gasteiger partial charge in [0.05, 0.1) is 7.11 Å². The third kappa shape index (κ3) is 1.55. The van der Waals surface area contributed by atoms with Gasteiger partial charge in [0.1, 0.15) is 6.04 Å². The maximum Gasteiger partial charge on any atom is 0.417 e. The third-order valence-corrected chi connectivity index (χ3v) is 2.20. The standard InChI is InChI=1S/C8H11NO5/c1-4-3-5(7(11)12)9(6(4)10)8(13)14-2/h4-5H,3H2,1-2H3,(H,11,12)/t4?,5-/m0/s1. The summed E-state index contributed by atoms with van der Waals surface area (Å²) < 4.78 is 4.34. The summed E-state index contributed by atoms with van der Waals surface area (Å²) >= 11 is 0. The molecule has 1 heterocycles. The molecule has 78 valence electrons. The van der Waals surface area contributed by atoms with Crippen LogP contribution in [0.15, 0.2) is 0 Å². The summed E-state index contributed by atoms with van der Waals surface area (Å²) in [6.07, 6.45) is -0.768. The first-order valence-electron chi connectivity index (χ1n) is 4.12. The van der Waals surface area contributed by atoms with Crippen LogP contribution in [0, 0.1) is 5.92 Å². The molecular weight excluding hydrogens is 190 g/mol. The molecule has 0 aromatic carbocycles. The number of methoxy groups -OCH3 is 1. The normalized spacial score (nSPS) is 26.4. The van der Waals surface area contributed by atoms with Crippen LogP contribution < -0.4 is 0 Å². The van der Waals surface area contributed by atoms with Crippen LogP contribution in [0.5, 0.6) is 0 Å². The molecule has 0 aromatic heterocycles. The predicted molar refractivity (Wildman–Crippen MR) is 44.5 cm³/mol. The zero-order valence-corrected chi connectivity index (χ0v) is 7.89. The minimum atomic E-state index is -1.19. The zero-order valence-electron chi connectivity index (χ0n) is 7.89. The number of aliphatic carboxylic acids is 1. The molecule has 2 amide bonds. The first-order chi connectivity index (χ1) is 6.49. The minimum Gasteiger partial charge on any atom is -0.480 e. The van der Waals surface area contributed by atoms with Crippen molar-refractivity contribution >= 4 is 18.0 Å². The summed E-state index contributed by atoms with van der Waals surface area (Å²) in [5.74, 6) is -2.13. The molecule has 1 unspecified atom stereocenters. The Morgan fingerprint density at radius 1 is 1.57 bits per heavy atom. The lowest BCUT2D eigenvalue weighted by molar-refractivity contribution is -0.145. The average molecular weight is 201 g/mol. The van der Waals surface area contributed by atoms with E-state index < -0.39 is 29.9 Å². The molecule has 1 aliphatic rings. The number of rotatable bonds is 1. The van der Waals surface area contributed by atoms with Crippen LogP contribution >= 0.6 is 0 Å². The SMILES string of the molecule is COC(=O)N1C(=O)C(C)C[C@H]1C(=O)O. The number of ether oxygens (including phenoxy) is 1. The van der Waals surface area contributed by atoms with E-state index in [1.807, 2.05) is 0 Å². The van der Waals surface area contributed by atoms with E-state index in [1.165, 1.54) is 0 Å². The van der Waals surface area contributed by atoms with Crippen LogP contribution in [-0.2, 0) is 14.3 Å². The number of imide groups is 1. The Morgan fingerprint density at radius 3 is 2.57 bits per heavy atom. The van der Waals surface area contributed by atoms with Gasteiger partial charge in [0, 0.05) is 5.92 Å². The van der Waals surface area contributed by atoms with Gasteiger partial charge >= 0.3 is 12.1 Å². The Morgan fingerprint density at radius 2 is 2.14 bits per heavy atom. The van der Waals surface area contributed by atoms with Gasteiger partial charge in [-0.2, -0.15) is 0 Å². The van der Waals surface area contributed by atoms with E-state index in [0.29, 0.717) is 4.90 Å². The Labute approximate surface area is 80.4 Å². The van der Waals surface area contributed by atoms with E-state index in [9.17, 15) is 14.4 Å². The molecule has 6 nitrogen and oxygen atoms in total. The van der Waals surface area contributed by atoms with Gasteiger partial charge in [0.15, 0.2) is 0 Å². The van der Waals surface area contributed by atoms with Crippen molar-refractivity contribution in [2.24, 2.45) is 5.92 Å². The fourth-order valence-corrected chi connectivity index (χ4v) is 1.46. The first kappa shape index (κ1) is 10.5. The van der Waals surface area contributed by atoms with E-state index >= 15 is 0 Å². The zero-order chi connectivity index (χ0) is 10.9. The van der Waals surface area contributed by atoms with Crippen molar-refractivity contribution in [1.29, 1.82) is 0 Å². The van der Waals surface area contributed by atoms with E-state index in [1.54, 1.807) is 6.92 Å². The lowest BCUT2D eigenvalue weighted by Gasteiger charge is -2.17. The van der Waals surface area contributed by atoms with Crippen LogP contribution in [0.25, 0.3) is 0 Å². The van der Waals surface area contributed by atoms with Crippen molar-refractivity contribution in [3.63, 3.8) is 0 Å². The van der Waals surface area contributed by atoms with Gasteiger partial charge in [-0.05, 0) is 6.42 Å². The maximum atomic E-state index is 11.4. The highest BCUT2D eigenvalue weighted by atomic mass is 16.5. The summed E-state index contributed by atoms with van der Waals surface area (Å²) in [7, 11) is 1.11. The molecule has 0 saturated carbocycles. The summed E-state index contributed by atoms with van der Waals surface area (Å²) in [6.45, 7) is 1.58. The largest absolute Gasteiger partial charge is 0.480 e. The van der Waals surface area contributed by atoms with Crippen molar-refractivity contribution in [3.8, 4) is 0 Å². The Bertz CT molecular complexity index is 287. The Balaban J connectivity index is 2.92. The van der Waals surface area contributed by atoms with Crippen LogP contribution in [-0.4, -0.2) is 41.1 Å². The van der Waals surface area contributed by atoms with Gasteiger partial charge in [0.25, 0.3) is 0 Å². The second kappa shape index (κ2) is 3.65. The Hall–Kier alpha value is -1.59. The van der Waals surface area contributed by atoms with Crippen molar-refractivity contribution in [2.75, 3.05) is 7.11 Å². The molecule has 1 aliphatic heterocycles. The molecule has 0 aliphatic carbocycles. The molecule has 14 heavy (non-hydrogen) atoms. The molecule has 0 bridgehead atoms. The third-order valence-electron chi connectivity index (χ3n) is 2.20. The maximum absolute atomic E-state index is 11.4. The van der Waals surface area contributed by atoms with Crippen molar-refractivity contribution < 1.29 is 24.2 Å². The van der Waals surface area contributed by atoms with Crippen LogP contribution in [0.4, 0.5) is 4.79 Å². The molecule has 0 spiro atoms. The summed E-state index contributed by atoms with van der Waals surface area (Å²) in [5.41, 5.74) is 0. The van der Waals surface area contributed by atoms with Crippen molar-refractivity contribution in [3.05, 3.63) is 0 Å². The van der Waals surface area contributed by atoms with E-state index in [4.69, 9.17) is 5.11 Å². The number of nitrogens with zero attached hydrogens (tertiary/aromatic N) is 1. The number of carbonyl (C=O) groups excluding carboxylic acids is 2. The van der Waals surface area contributed by atoms with Gasteiger partial charge in [0.2, 0.25) is 5.91 Å². The number of amides is 2. The molecule has 6 heteroatoms. The molecule has 1 N–H and O–H groups in total. The molecule has 1 saturated heterocycles. The van der Waals surface area contributed by atoms with Gasteiger partial charge in [-0.1, -0.05) is 6.92 Å². The molecule has 0 radical (unpaired) electrons. The van der Waals surface area contributed by atoms with Crippen LogP contribution in [0.3, 0.4) is 0 Å². The molecule has 1 fully saturated rings. The monoisotopic (exact) mass is 201 g/mol. The topological polar surface area (TPSA) is 83.9 Å². The quantitative estimate of drug-likeness (QED) is 0.649. The van der Waals surface area contributed by atoms with Crippen LogP contribution in [0.2, 0.25) is 0 Å². The highest BCUT2D eigenvalue weighted by Crippen LogP contribution is 2.25. The molecule has 0 aromatic rings. The van der Waals surface area contributed by atoms with Gasteiger partial charge in [-0.3, -0.25) is 4.79 Å². The number of likely N-dealkylation sites (tertiary alicyclic amines) is 1. The summed E-state index contributed by atoms with van der Waals surface area (Å²) in [6, 6.07) is -1.09. The first-order valence-corrected chi connectivity index (χ1v) is 4.12. The lowest BCUT2D eigenvalue weighted by Crippen LogP contribution is -2.43. The highest BCUT2D eigenvalue weighted by molar-refractivity contribution is 6.00. The molecule has 1 rings (SSSR count). The van der Waals surface area contributed by atoms with E-state index in [2.05, 4.69) is 4.74 Å². The van der Waals surface area contributed by atoms with Crippen LogP contribution in [0.1, 0.15) is 13.3 Å². The number of hydrogen-bond acceptors (Lipinski definition) is 4. The number of carboxylic acid groups (broad SMARTS) is 1. The molecule has 2 atom stereocenters. The minimum absolute atomic E-state index is 0.142. The average Bonchev–Trinajstić information content (AvgIpc) is 2.43. The van der Waals surface area contributed by atoms with E-state index in [-0.39, 0.29) is 6.42 Å². The number of carbonyl (C=O) groups is 3. The van der Waals surface area contributed by atoms with E-state index in [0.717, 1.165) is 7.11 Å². The molecular formula is C8H11NO5. The van der Waals surface area contributed by atoms with Gasteiger partial charge in [-0.25, -0.2) is 14.5 Å². The number of hydrogen-bond donors (Lipinski definition) is 1. The highest BCUT2D eigenvalue weighted by Gasteiger charge is 2.45. The second-order valence-corrected chi connectivity index (χ2v) is 3.17. The van der Waals surface area contributed by atoms with Crippen molar-refractivity contribution in [1.82, 2.24) is 4.90 Å². The Kier molecular flexibility index (Phi) is 2.73. The fourth-order valence-electron chi connectivity index (χ4n) is 1.46. The smallest absolute Gasteiger partial charge is 0.417 e. The fraction of sp³-hybridized carbons (Fsp3) is 0.625. The second-order valence-electron chi connectivity index (χ2n) is 3.17. The van der Waals surface area contributed by atoms with Crippen molar-refractivity contribution in [2.45, 2.75) is 19.4 Å². The lowest BCUT2D eigenvalue weighted by atomic mass is 10.1. The van der Waals surface area contributed by atoms with Gasteiger partial charge in [-0.15, -0.1) is 0 Å². The summed E-state index contributed by atoms with van der Waals surface area (Å²) in [4.78, 5) is 33.9. The predicted octanol–water partition coefficient (Wildman–Crippen LogP) is 0.0744. The summed E-state index contributed by atoms with van der Waals surface area (Å²) in [5, 5.41) is 8.76.